The number of hydrogen-bond donors (Lipinski definition) is 1. The minimum atomic E-state index is 0.660. The van der Waals surface area contributed by atoms with E-state index in [0.717, 1.165) is 12.5 Å². The van der Waals surface area contributed by atoms with Crippen LogP contribution in [0, 0.1) is 26.7 Å². The summed E-state index contributed by atoms with van der Waals surface area (Å²) in [5.41, 5.74) is 5.92. The molecule has 1 atom stereocenters. The van der Waals surface area contributed by atoms with Crippen molar-refractivity contribution in [2.75, 3.05) is 6.54 Å². The molecule has 1 aromatic carbocycles. The lowest BCUT2D eigenvalue weighted by atomic mass is 9.89. The highest BCUT2D eigenvalue weighted by atomic mass is 14.9. The normalized spacial score (nSPS) is 17.3. The van der Waals surface area contributed by atoms with Gasteiger partial charge in [0.15, 0.2) is 0 Å². The SMILES string of the molecule is CCCNC(Cc1c(C)cc(C)cc1C)CC1CCCC1. The van der Waals surface area contributed by atoms with Crippen molar-refractivity contribution in [3.8, 4) is 0 Å². The molecule has 21 heavy (non-hydrogen) atoms. The molecule has 118 valence electrons. The lowest BCUT2D eigenvalue weighted by Gasteiger charge is -2.24. The van der Waals surface area contributed by atoms with Gasteiger partial charge in [0.2, 0.25) is 0 Å². The maximum absolute atomic E-state index is 3.81. The lowest BCUT2D eigenvalue weighted by Crippen LogP contribution is -2.34. The summed E-state index contributed by atoms with van der Waals surface area (Å²) in [5.74, 6) is 0.963. The Bertz CT molecular complexity index is 420. The fraction of sp³-hybridized carbons (Fsp3) is 0.700. The Kier molecular flexibility index (Phi) is 6.29. The van der Waals surface area contributed by atoms with Crippen LogP contribution >= 0.6 is 0 Å². The van der Waals surface area contributed by atoms with Crippen LogP contribution in [-0.2, 0) is 6.42 Å². The first kappa shape index (κ1) is 16.5. The van der Waals surface area contributed by atoms with Crippen molar-refractivity contribution in [1.29, 1.82) is 0 Å². The van der Waals surface area contributed by atoms with E-state index in [9.17, 15) is 0 Å². The van der Waals surface area contributed by atoms with Crippen molar-refractivity contribution in [1.82, 2.24) is 5.32 Å². The van der Waals surface area contributed by atoms with Gasteiger partial charge in [-0.3, -0.25) is 0 Å². The Morgan fingerprint density at radius 1 is 1.10 bits per heavy atom. The number of aryl methyl sites for hydroxylation is 3. The largest absolute Gasteiger partial charge is 0.314 e. The maximum atomic E-state index is 3.81. The molecule has 0 aromatic heterocycles. The van der Waals surface area contributed by atoms with E-state index in [1.165, 1.54) is 61.6 Å². The fourth-order valence-electron chi connectivity index (χ4n) is 4.01. The van der Waals surface area contributed by atoms with Gasteiger partial charge in [-0.15, -0.1) is 0 Å². The molecule has 0 spiro atoms. The second-order valence-corrected chi connectivity index (χ2v) is 7.12. The Balaban J connectivity index is 2.06. The molecule has 1 heteroatoms. The highest BCUT2D eigenvalue weighted by Gasteiger charge is 2.21. The molecule has 1 aliphatic rings. The van der Waals surface area contributed by atoms with Crippen molar-refractivity contribution in [3.05, 3.63) is 34.4 Å². The molecule has 0 amide bonds. The molecule has 1 saturated carbocycles. The molecule has 1 aromatic rings. The maximum Gasteiger partial charge on any atom is 0.0110 e. The van der Waals surface area contributed by atoms with Crippen LogP contribution in [0.15, 0.2) is 12.1 Å². The Hall–Kier alpha value is -0.820. The van der Waals surface area contributed by atoms with E-state index in [2.05, 4.69) is 45.1 Å². The Labute approximate surface area is 131 Å². The van der Waals surface area contributed by atoms with E-state index in [1.54, 1.807) is 5.56 Å². The van der Waals surface area contributed by atoms with Gasteiger partial charge in [0, 0.05) is 6.04 Å². The first-order valence-corrected chi connectivity index (χ1v) is 8.90. The molecule has 0 saturated heterocycles. The summed E-state index contributed by atoms with van der Waals surface area (Å²) in [7, 11) is 0. The molecule has 0 radical (unpaired) electrons. The van der Waals surface area contributed by atoms with Gasteiger partial charge < -0.3 is 5.32 Å². The highest BCUT2D eigenvalue weighted by molar-refractivity contribution is 5.38. The monoisotopic (exact) mass is 287 g/mol. The van der Waals surface area contributed by atoms with Crippen molar-refractivity contribution >= 4 is 0 Å². The van der Waals surface area contributed by atoms with E-state index in [0.29, 0.717) is 6.04 Å². The van der Waals surface area contributed by atoms with Crippen LogP contribution in [-0.4, -0.2) is 12.6 Å². The third-order valence-electron chi connectivity index (χ3n) is 5.07. The predicted octanol–water partition coefficient (Wildman–Crippen LogP) is 5.10. The average Bonchev–Trinajstić information content (AvgIpc) is 2.92. The number of hydrogen-bond acceptors (Lipinski definition) is 1. The zero-order valence-electron chi connectivity index (χ0n) is 14.5. The summed E-state index contributed by atoms with van der Waals surface area (Å²) in [6, 6.07) is 5.34. The predicted molar refractivity (Wildman–Crippen MR) is 93.0 cm³/mol. The van der Waals surface area contributed by atoms with Crippen molar-refractivity contribution < 1.29 is 0 Å². The first-order valence-electron chi connectivity index (χ1n) is 8.90. The zero-order valence-corrected chi connectivity index (χ0v) is 14.5. The third kappa shape index (κ3) is 4.85. The van der Waals surface area contributed by atoms with Crippen LogP contribution in [0.25, 0.3) is 0 Å². The number of nitrogens with one attached hydrogen (secondary N) is 1. The molecule has 0 bridgehead atoms. The van der Waals surface area contributed by atoms with Crippen molar-refractivity contribution in [2.45, 2.75) is 78.7 Å². The topological polar surface area (TPSA) is 12.0 Å². The van der Waals surface area contributed by atoms with Crippen molar-refractivity contribution in [2.24, 2.45) is 5.92 Å². The number of benzene rings is 1. The van der Waals surface area contributed by atoms with Gasteiger partial charge in [-0.1, -0.05) is 50.3 Å². The van der Waals surface area contributed by atoms with Gasteiger partial charge in [-0.2, -0.15) is 0 Å². The van der Waals surface area contributed by atoms with Crippen LogP contribution in [0.2, 0.25) is 0 Å². The van der Waals surface area contributed by atoms with Crippen molar-refractivity contribution in [3.63, 3.8) is 0 Å². The summed E-state index contributed by atoms with van der Waals surface area (Å²) in [5, 5.41) is 3.81. The van der Waals surface area contributed by atoms with E-state index >= 15 is 0 Å². The smallest absolute Gasteiger partial charge is 0.0110 e. The lowest BCUT2D eigenvalue weighted by molar-refractivity contribution is 0.384. The van der Waals surface area contributed by atoms with Crippen LogP contribution < -0.4 is 5.32 Å². The van der Waals surface area contributed by atoms with E-state index in [4.69, 9.17) is 0 Å². The molecule has 0 heterocycles. The highest BCUT2D eigenvalue weighted by Crippen LogP contribution is 2.30. The van der Waals surface area contributed by atoms with Crippen LogP contribution in [0.3, 0.4) is 0 Å². The van der Waals surface area contributed by atoms with Gasteiger partial charge in [-0.05, 0) is 69.2 Å². The van der Waals surface area contributed by atoms with Crippen LogP contribution in [0.5, 0.6) is 0 Å². The Morgan fingerprint density at radius 3 is 2.29 bits per heavy atom. The van der Waals surface area contributed by atoms with Crippen LogP contribution in [0.4, 0.5) is 0 Å². The summed E-state index contributed by atoms with van der Waals surface area (Å²) >= 11 is 0. The van der Waals surface area contributed by atoms with E-state index in [-0.39, 0.29) is 0 Å². The molecule has 2 rings (SSSR count). The van der Waals surface area contributed by atoms with Gasteiger partial charge in [0.25, 0.3) is 0 Å². The van der Waals surface area contributed by atoms with Gasteiger partial charge in [0.1, 0.15) is 0 Å². The molecule has 1 N–H and O–H groups in total. The molecular formula is C20H33N. The quantitative estimate of drug-likeness (QED) is 0.735. The van der Waals surface area contributed by atoms with E-state index < -0.39 is 0 Å². The third-order valence-corrected chi connectivity index (χ3v) is 5.07. The Morgan fingerprint density at radius 2 is 1.71 bits per heavy atom. The summed E-state index contributed by atoms with van der Waals surface area (Å²) < 4.78 is 0. The van der Waals surface area contributed by atoms with E-state index in [1.807, 2.05) is 0 Å². The molecular weight excluding hydrogens is 254 g/mol. The van der Waals surface area contributed by atoms with Gasteiger partial charge in [-0.25, -0.2) is 0 Å². The average molecular weight is 287 g/mol. The minimum absolute atomic E-state index is 0.660. The van der Waals surface area contributed by atoms with Gasteiger partial charge in [0.05, 0.1) is 0 Å². The summed E-state index contributed by atoms with van der Waals surface area (Å²) in [6.07, 6.45) is 9.61. The standard InChI is InChI=1S/C20H33N/c1-5-10-21-19(13-18-8-6-7-9-18)14-20-16(3)11-15(2)12-17(20)4/h11-12,18-19,21H,5-10,13-14H2,1-4H3. The molecule has 0 aliphatic heterocycles. The molecule has 1 unspecified atom stereocenters. The van der Waals surface area contributed by atoms with Gasteiger partial charge >= 0.3 is 0 Å². The minimum Gasteiger partial charge on any atom is -0.314 e. The first-order chi connectivity index (χ1) is 10.1. The fourth-order valence-corrected chi connectivity index (χ4v) is 4.01. The molecule has 1 nitrogen and oxygen atoms in total. The number of rotatable bonds is 7. The molecule has 1 fully saturated rings. The summed E-state index contributed by atoms with van der Waals surface area (Å²) in [4.78, 5) is 0. The van der Waals surface area contributed by atoms with Crippen LogP contribution in [0.1, 0.15) is 67.7 Å². The molecule has 1 aliphatic carbocycles. The zero-order chi connectivity index (χ0) is 15.2. The summed E-state index contributed by atoms with van der Waals surface area (Å²) in [6.45, 7) is 10.2. The second kappa shape index (κ2) is 7.98. The second-order valence-electron chi connectivity index (χ2n) is 7.12.